The minimum atomic E-state index is -1.15. The SMILES string of the molecule is Cl.O=C(O)N(C[C@@H]1CN(Cc2ccc(Cl)c(Cl)c2)CCO1)c1ccc([N+](=O)[O-])cc1. The number of carbonyl (C=O) groups is 1. The fourth-order valence-electron chi connectivity index (χ4n) is 3.18. The lowest BCUT2D eigenvalue weighted by Crippen LogP contribution is -2.48. The van der Waals surface area contributed by atoms with Crippen LogP contribution in [0.1, 0.15) is 5.56 Å². The van der Waals surface area contributed by atoms with Gasteiger partial charge in [-0.05, 0) is 29.8 Å². The summed E-state index contributed by atoms with van der Waals surface area (Å²) in [5, 5.41) is 21.4. The Morgan fingerprint density at radius 3 is 2.53 bits per heavy atom. The van der Waals surface area contributed by atoms with Gasteiger partial charge in [0.1, 0.15) is 0 Å². The van der Waals surface area contributed by atoms with Crippen molar-refractivity contribution < 1.29 is 19.6 Å². The molecule has 1 heterocycles. The first-order chi connectivity index (χ1) is 13.8. The topological polar surface area (TPSA) is 96.2 Å². The molecule has 162 valence electrons. The van der Waals surface area contributed by atoms with Crippen molar-refractivity contribution in [3.63, 3.8) is 0 Å². The van der Waals surface area contributed by atoms with E-state index in [-0.39, 0.29) is 30.7 Å². The van der Waals surface area contributed by atoms with Crippen LogP contribution in [0.25, 0.3) is 0 Å². The number of ether oxygens (including phenoxy) is 1. The standard InChI is InChI=1S/C19H19Cl2N3O5.ClH/c20-17-6-1-13(9-18(17)21)10-22-7-8-29-16(11-22)12-23(19(25)26)14-2-4-15(5-3-14)24(27)28;/h1-6,9,16H,7-8,10-12H2,(H,25,26);1H/t16-;/m0./s1. The number of hydrogen-bond donors (Lipinski definition) is 1. The van der Waals surface area contributed by atoms with Gasteiger partial charge in [0.15, 0.2) is 0 Å². The average Bonchev–Trinajstić information content (AvgIpc) is 2.69. The van der Waals surface area contributed by atoms with Gasteiger partial charge in [-0.3, -0.25) is 19.9 Å². The highest BCUT2D eigenvalue weighted by atomic mass is 35.5. The maximum Gasteiger partial charge on any atom is 0.411 e. The third kappa shape index (κ3) is 6.20. The maximum atomic E-state index is 11.7. The molecule has 8 nitrogen and oxygen atoms in total. The molecule has 1 saturated heterocycles. The number of rotatable bonds is 6. The zero-order chi connectivity index (χ0) is 21.0. The van der Waals surface area contributed by atoms with Crippen LogP contribution in [-0.2, 0) is 11.3 Å². The van der Waals surface area contributed by atoms with Gasteiger partial charge in [-0.1, -0.05) is 29.3 Å². The number of morpholine rings is 1. The molecule has 0 radical (unpaired) electrons. The molecule has 1 aliphatic heterocycles. The van der Waals surface area contributed by atoms with Crippen LogP contribution in [0.4, 0.5) is 16.2 Å². The molecule has 11 heteroatoms. The Bertz CT molecular complexity index is 897. The van der Waals surface area contributed by atoms with E-state index in [4.69, 9.17) is 27.9 Å². The van der Waals surface area contributed by atoms with Crippen LogP contribution in [0, 0.1) is 10.1 Å². The van der Waals surface area contributed by atoms with Crippen LogP contribution in [0.2, 0.25) is 10.0 Å². The Hall–Kier alpha value is -2.10. The normalized spacial score (nSPS) is 16.5. The van der Waals surface area contributed by atoms with E-state index in [2.05, 4.69) is 4.90 Å². The van der Waals surface area contributed by atoms with Gasteiger partial charge in [0.05, 0.1) is 34.2 Å². The quantitative estimate of drug-likeness (QED) is 0.479. The molecular weight excluding hydrogens is 457 g/mol. The molecule has 0 unspecified atom stereocenters. The van der Waals surface area contributed by atoms with Gasteiger partial charge < -0.3 is 9.84 Å². The van der Waals surface area contributed by atoms with Crippen molar-refractivity contribution in [3.8, 4) is 0 Å². The smallest absolute Gasteiger partial charge is 0.411 e. The van der Waals surface area contributed by atoms with Gasteiger partial charge >= 0.3 is 6.09 Å². The van der Waals surface area contributed by atoms with E-state index in [0.29, 0.717) is 42.0 Å². The number of nitro benzene ring substituents is 1. The predicted octanol–water partition coefficient (Wildman–Crippen LogP) is 4.71. The van der Waals surface area contributed by atoms with E-state index in [1.807, 2.05) is 12.1 Å². The minimum absolute atomic E-state index is 0. The van der Waals surface area contributed by atoms with Crippen LogP contribution < -0.4 is 4.90 Å². The van der Waals surface area contributed by atoms with E-state index in [9.17, 15) is 20.0 Å². The Labute approximate surface area is 189 Å². The van der Waals surface area contributed by atoms with Gasteiger partial charge in [0, 0.05) is 37.5 Å². The third-order valence-corrected chi connectivity index (χ3v) is 5.34. The van der Waals surface area contributed by atoms with Crippen molar-refractivity contribution in [2.24, 2.45) is 0 Å². The summed E-state index contributed by atoms with van der Waals surface area (Å²) in [7, 11) is 0. The molecule has 1 N–H and O–H groups in total. The molecule has 0 saturated carbocycles. The van der Waals surface area contributed by atoms with E-state index in [1.165, 1.54) is 24.3 Å². The summed E-state index contributed by atoms with van der Waals surface area (Å²) in [6, 6.07) is 10.9. The van der Waals surface area contributed by atoms with Gasteiger partial charge in [0.2, 0.25) is 0 Å². The summed E-state index contributed by atoms with van der Waals surface area (Å²) in [5.41, 5.74) is 1.26. The lowest BCUT2D eigenvalue weighted by atomic mass is 10.1. The molecule has 2 aromatic carbocycles. The highest BCUT2D eigenvalue weighted by Gasteiger charge is 2.26. The Kier molecular flexibility index (Phi) is 8.69. The number of carboxylic acid groups (broad SMARTS) is 1. The monoisotopic (exact) mass is 475 g/mol. The Morgan fingerprint density at radius 2 is 1.93 bits per heavy atom. The number of benzene rings is 2. The zero-order valence-corrected chi connectivity index (χ0v) is 18.1. The van der Waals surface area contributed by atoms with Gasteiger partial charge in [-0.15, -0.1) is 12.4 Å². The summed E-state index contributed by atoms with van der Waals surface area (Å²) >= 11 is 12.0. The molecule has 0 aliphatic carbocycles. The lowest BCUT2D eigenvalue weighted by molar-refractivity contribution is -0.384. The Balaban J connectivity index is 0.00000320. The van der Waals surface area contributed by atoms with Gasteiger partial charge in [-0.25, -0.2) is 4.79 Å². The van der Waals surface area contributed by atoms with E-state index in [1.54, 1.807) is 6.07 Å². The summed E-state index contributed by atoms with van der Waals surface area (Å²) in [4.78, 5) is 25.3. The van der Waals surface area contributed by atoms with Crippen LogP contribution >= 0.6 is 35.6 Å². The summed E-state index contributed by atoms with van der Waals surface area (Å²) in [6.07, 6.45) is -1.48. The molecule has 1 atom stereocenters. The largest absolute Gasteiger partial charge is 0.465 e. The third-order valence-electron chi connectivity index (χ3n) is 4.60. The molecule has 1 amide bonds. The lowest BCUT2D eigenvalue weighted by Gasteiger charge is -2.35. The maximum absolute atomic E-state index is 11.7. The zero-order valence-electron chi connectivity index (χ0n) is 15.7. The predicted molar refractivity (Wildman–Crippen MR) is 117 cm³/mol. The van der Waals surface area contributed by atoms with Crippen molar-refractivity contribution in [1.29, 1.82) is 0 Å². The highest BCUT2D eigenvalue weighted by Crippen LogP contribution is 2.24. The second-order valence-corrected chi connectivity index (χ2v) is 7.46. The van der Waals surface area contributed by atoms with Crippen molar-refractivity contribution in [3.05, 3.63) is 68.2 Å². The molecule has 2 aromatic rings. The second kappa shape index (κ2) is 10.8. The fourth-order valence-corrected chi connectivity index (χ4v) is 3.50. The van der Waals surface area contributed by atoms with Crippen LogP contribution in [0.15, 0.2) is 42.5 Å². The van der Waals surface area contributed by atoms with E-state index in [0.717, 1.165) is 10.5 Å². The minimum Gasteiger partial charge on any atom is -0.465 e. The first-order valence-corrected chi connectivity index (χ1v) is 9.62. The fraction of sp³-hybridized carbons (Fsp3) is 0.316. The number of non-ortho nitro benzene ring substituents is 1. The first-order valence-electron chi connectivity index (χ1n) is 8.86. The number of nitro groups is 1. The molecule has 3 rings (SSSR count). The van der Waals surface area contributed by atoms with Crippen molar-refractivity contribution in [1.82, 2.24) is 4.90 Å². The van der Waals surface area contributed by atoms with Gasteiger partial charge in [-0.2, -0.15) is 0 Å². The molecule has 0 spiro atoms. The second-order valence-electron chi connectivity index (χ2n) is 6.64. The number of amides is 1. The molecule has 1 fully saturated rings. The van der Waals surface area contributed by atoms with Crippen molar-refractivity contribution >= 4 is 53.1 Å². The van der Waals surface area contributed by atoms with E-state index < -0.39 is 11.0 Å². The number of nitrogens with zero attached hydrogens (tertiary/aromatic N) is 3. The van der Waals surface area contributed by atoms with Crippen LogP contribution in [-0.4, -0.2) is 53.4 Å². The molecule has 1 aliphatic rings. The average molecular weight is 477 g/mol. The number of hydrogen-bond acceptors (Lipinski definition) is 5. The van der Waals surface area contributed by atoms with Crippen LogP contribution in [0.5, 0.6) is 0 Å². The first kappa shape index (κ1) is 24.2. The molecule has 0 aromatic heterocycles. The molecule has 30 heavy (non-hydrogen) atoms. The molecular formula is C19H20Cl3N3O5. The summed E-state index contributed by atoms with van der Waals surface area (Å²) in [6.45, 7) is 2.48. The van der Waals surface area contributed by atoms with Crippen molar-refractivity contribution in [2.75, 3.05) is 31.1 Å². The van der Waals surface area contributed by atoms with Crippen LogP contribution in [0.3, 0.4) is 0 Å². The molecule has 0 bridgehead atoms. The highest BCUT2D eigenvalue weighted by molar-refractivity contribution is 6.42. The Morgan fingerprint density at radius 1 is 1.23 bits per heavy atom. The van der Waals surface area contributed by atoms with Gasteiger partial charge in [0.25, 0.3) is 5.69 Å². The number of halogens is 3. The number of anilines is 1. The van der Waals surface area contributed by atoms with Crippen molar-refractivity contribution in [2.45, 2.75) is 12.6 Å². The van der Waals surface area contributed by atoms with E-state index >= 15 is 0 Å². The summed E-state index contributed by atoms with van der Waals surface area (Å²) < 4.78 is 5.75. The summed E-state index contributed by atoms with van der Waals surface area (Å²) in [5.74, 6) is 0.